The Balaban J connectivity index is 2.31. The van der Waals surface area contributed by atoms with E-state index in [1.807, 2.05) is 6.92 Å². The van der Waals surface area contributed by atoms with Crippen molar-refractivity contribution in [2.45, 2.75) is 6.92 Å². The van der Waals surface area contributed by atoms with Crippen molar-refractivity contribution in [3.8, 4) is 0 Å². The number of nitrogens with one attached hydrogen (secondary N) is 2. The van der Waals surface area contributed by atoms with E-state index in [4.69, 9.17) is 0 Å². The van der Waals surface area contributed by atoms with Gasteiger partial charge in [-0.25, -0.2) is 20.2 Å². The summed E-state index contributed by atoms with van der Waals surface area (Å²) in [6, 6.07) is 1.53. The number of carbonyl (C=O) groups excluding carboxylic acids is 1. The van der Waals surface area contributed by atoms with Crippen LogP contribution < -0.4 is 10.9 Å². The summed E-state index contributed by atoms with van der Waals surface area (Å²) in [7, 11) is 0. The van der Waals surface area contributed by atoms with Gasteiger partial charge in [-0.1, -0.05) is 6.92 Å². The third-order valence-corrected chi connectivity index (χ3v) is 1.94. The summed E-state index contributed by atoms with van der Waals surface area (Å²) in [5, 5.41) is 0.837. The van der Waals surface area contributed by atoms with Crippen molar-refractivity contribution in [1.82, 2.24) is 25.4 Å². The van der Waals surface area contributed by atoms with Crippen LogP contribution in [0.1, 0.15) is 6.92 Å². The minimum atomic E-state index is -0.259. The number of hydrogen-bond donors (Lipinski definition) is 2. The number of hydrazine groups is 1. The molecule has 0 aliphatic heterocycles. The highest BCUT2D eigenvalue weighted by molar-refractivity contribution is 5.88. The Morgan fingerprint density at radius 2 is 2.47 bits per heavy atom. The first-order valence-corrected chi connectivity index (χ1v) is 4.63. The Morgan fingerprint density at radius 1 is 1.60 bits per heavy atom. The first kappa shape index (κ1) is 9.60. The molecule has 1 amide bonds. The molecular weight excluding hydrogens is 194 g/mol. The van der Waals surface area contributed by atoms with Crippen molar-refractivity contribution in [3.05, 3.63) is 24.8 Å². The highest BCUT2D eigenvalue weighted by Gasteiger charge is 2.08. The number of rotatable bonds is 2. The molecule has 0 spiro atoms. The maximum absolute atomic E-state index is 11.6. The van der Waals surface area contributed by atoms with E-state index in [2.05, 4.69) is 20.8 Å². The second-order valence-corrected chi connectivity index (χ2v) is 2.95. The van der Waals surface area contributed by atoms with E-state index >= 15 is 0 Å². The van der Waals surface area contributed by atoms with Crippen LogP contribution in [0.25, 0.3) is 11.0 Å². The molecule has 0 saturated heterocycles. The van der Waals surface area contributed by atoms with Crippen molar-refractivity contribution < 1.29 is 4.79 Å². The number of nitrogens with zero attached hydrogens (tertiary/aromatic N) is 3. The van der Waals surface area contributed by atoms with Gasteiger partial charge in [0.1, 0.15) is 6.33 Å². The Kier molecular flexibility index (Phi) is 2.59. The molecule has 6 nitrogen and oxygen atoms in total. The normalized spacial score (nSPS) is 10.5. The van der Waals surface area contributed by atoms with Gasteiger partial charge in [0.05, 0.1) is 0 Å². The molecule has 2 aromatic heterocycles. The van der Waals surface area contributed by atoms with E-state index < -0.39 is 0 Å². The second kappa shape index (κ2) is 4.05. The number of hydrogen-bond acceptors (Lipinski definition) is 4. The zero-order chi connectivity index (χ0) is 10.7. The quantitative estimate of drug-likeness (QED) is 0.701. The molecule has 15 heavy (non-hydrogen) atoms. The van der Waals surface area contributed by atoms with Gasteiger partial charge in [0.15, 0.2) is 5.65 Å². The Morgan fingerprint density at radius 3 is 3.27 bits per heavy atom. The molecule has 2 N–H and O–H groups in total. The smallest absolute Gasteiger partial charge is 0.273 e. The van der Waals surface area contributed by atoms with Crippen molar-refractivity contribution >= 4 is 17.1 Å². The van der Waals surface area contributed by atoms with Crippen LogP contribution in [0, 0.1) is 0 Å². The van der Waals surface area contributed by atoms with Crippen molar-refractivity contribution in [2.24, 2.45) is 0 Å². The van der Waals surface area contributed by atoms with Crippen molar-refractivity contribution in [2.75, 3.05) is 6.54 Å². The maximum Gasteiger partial charge on any atom is 0.341 e. The lowest BCUT2D eigenvalue weighted by Crippen LogP contribution is -2.39. The molecular formula is C9H11N5O. The number of amides is 1. The SMILES string of the molecule is CCNNC(=O)n1ccc2cncnc21. The van der Waals surface area contributed by atoms with Crippen LogP contribution in [0.15, 0.2) is 24.8 Å². The highest BCUT2D eigenvalue weighted by atomic mass is 16.2. The van der Waals surface area contributed by atoms with Crippen molar-refractivity contribution in [3.63, 3.8) is 0 Å². The zero-order valence-electron chi connectivity index (χ0n) is 8.27. The summed E-state index contributed by atoms with van der Waals surface area (Å²) < 4.78 is 1.43. The lowest BCUT2D eigenvalue weighted by atomic mass is 10.4. The first-order valence-electron chi connectivity index (χ1n) is 4.63. The monoisotopic (exact) mass is 205 g/mol. The van der Waals surface area contributed by atoms with Gasteiger partial charge in [-0.05, 0) is 6.07 Å². The van der Waals surface area contributed by atoms with Gasteiger partial charge in [0.2, 0.25) is 0 Å². The van der Waals surface area contributed by atoms with E-state index in [1.165, 1.54) is 10.9 Å². The van der Waals surface area contributed by atoms with E-state index in [1.54, 1.807) is 18.5 Å². The van der Waals surface area contributed by atoms with Crippen LogP contribution in [-0.4, -0.2) is 27.1 Å². The fraction of sp³-hybridized carbons (Fsp3) is 0.222. The van der Waals surface area contributed by atoms with Gasteiger partial charge < -0.3 is 0 Å². The largest absolute Gasteiger partial charge is 0.341 e. The topological polar surface area (TPSA) is 71.8 Å². The summed E-state index contributed by atoms with van der Waals surface area (Å²) in [6.07, 6.45) is 4.74. The molecule has 2 heterocycles. The zero-order valence-corrected chi connectivity index (χ0v) is 8.27. The lowest BCUT2D eigenvalue weighted by molar-refractivity contribution is 0.239. The average Bonchev–Trinajstić information content (AvgIpc) is 2.69. The molecule has 0 bridgehead atoms. The van der Waals surface area contributed by atoms with Crippen LogP contribution in [0.4, 0.5) is 4.79 Å². The minimum Gasteiger partial charge on any atom is -0.273 e. The summed E-state index contributed by atoms with van der Waals surface area (Å²) in [5.74, 6) is 0. The molecule has 0 aromatic carbocycles. The summed E-state index contributed by atoms with van der Waals surface area (Å²) in [4.78, 5) is 19.5. The summed E-state index contributed by atoms with van der Waals surface area (Å²) >= 11 is 0. The third kappa shape index (κ3) is 1.79. The molecule has 6 heteroatoms. The Bertz CT molecular complexity index is 478. The van der Waals surface area contributed by atoms with E-state index in [0.29, 0.717) is 12.2 Å². The van der Waals surface area contributed by atoms with Gasteiger partial charge in [-0.15, -0.1) is 0 Å². The third-order valence-electron chi connectivity index (χ3n) is 1.94. The molecule has 0 unspecified atom stereocenters. The van der Waals surface area contributed by atoms with Crippen molar-refractivity contribution in [1.29, 1.82) is 0 Å². The van der Waals surface area contributed by atoms with Crippen LogP contribution >= 0.6 is 0 Å². The van der Waals surface area contributed by atoms with Crippen LogP contribution in [0.5, 0.6) is 0 Å². The number of carbonyl (C=O) groups is 1. The fourth-order valence-electron chi connectivity index (χ4n) is 1.27. The first-order chi connectivity index (χ1) is 7.33. The molecule has 0 fully saturated rings. The van der Waals surface area contributed by atoms with E-state index in [-0.39, 0.29) is 6.03 Å². The summed E-state index contributed by atoms with van der Waals surface area (Å²) in [5.41, 5.74) is 5.88. The summed E-state index contributed by atoms with van der Waals surface area (Å²) in [6.45, 7) is 2.57. The van der Waals surface area contributed by atoms with E-state index in [9.17, 15) is 4.79 Å². The molecule has 0 aliphatic carbocycles. The molecule has 0 radical (unpaired) electrons. The number of fused-ring (bicyclic) bond motifs is 1. The lowest BCUT2D eigenvalue weighted by Gasteiger charge is -2.05. The maximum atomic E-state index is 11.6. The van der Waals surface area contributed by atoms with Crippen LogP contribution in [0.3, 0.4) is 0 Å². The molecule has 78 valence electrons. The standard InChI is InChI=1S/C9H11N5O/c1-2-12-13-9(15)14-4-3-7-5-10-6-11-8(7)14/h3-6,12H,2H2,1H3,(H,13,15). The second-order valence-electron chi connectivity index (χ2n) is 2.95. The molecule has 2 aromatic rings. The fourth-order valence-corrected chi connectivity index (χ4v) is 1.27. The minimum absolute atomic E-state index is 0.259. The number of aromatic nitrogens is 3. The van der Waals surface area contributed by atoms with Gasteiger partial charge >= 0.3 is 6.03 Å². The predicted molar refractivity (Wildman–Crippen MR) is 55.1 cm³/mol. The van der Waals surface area contributed by atoms with E-state index in [0.717, 1.165) is 5.39 Å². The van der Waals surface area contributed by atoms with Gasteiger partial charge in [0.25, 0.3) is 0 Å². The molecule has 0 atom stereocenters. The average molecular weight is 205 g/mol. The van der Waals surface area contributed by atoms with Gasteiger partial charge in [-0.3, -0.25) is 9.99 Å². The van der Waals surface area contributed by atoms with Crippen LogP contribution in [0.2, 0.25) is 0 Å². The van der Waals surface area contributed by atoms with Gasteiger partial charge in [-0.2, -0.15) is 0 Å². The highest BCUT2D eigenvalue weighted by Crippen LogP contribution is 2.09. The molecule has 2 rings (SSSR count). The van der Waals surface area contributed by atoms with Gasteiger partial charge in [0, 0.05) is 24.3 Å². The Labute approximate surface area is 86.3 Å². The molecule has 0 saturated carbocycles. The van der Waals surface area contributed by atoms with Crippen LogP contribution in [-0.2, 0) is 0 Å². The molecule has 0 aliphatic rings. The Hall–Kier alpha value is -1.95. The predicted octanol–water partition coefficient (Wildman–Crippen LogP) is 0.513.